The molecule has 3 amide bonds. The number of rotatable bonds is 4. The lowest BCUT2D eigenvalue weighted by atomic mass is 10.0. The van der Waals surface area contributed by atoms with Crippen molar-refractivity contribution in [2.45, 2.75) is 38.0 Å². The highest BCUT2D eigenvalue weighted by atomic mass is 19.3. The monoisotopic (exact) mass is 436 g/mol. The molecule has 1 fully saturated rings. The lowest BCUT2D eigenvalue weighted by molar-refractivity contribution is -0.136. The summed E-state index contributed by atoms with van der Waals surface area (Å²) in [6, 6.07) is 3.55. The number of pyridine rings is 1. The minimum absolute atomic E-state index is 0.0105. The fraction of sp³-hybridized carbons (Fsp3) is 0.300. The predicted octanol–water partition coefficient (Wildman–Crippen LogP) is 2.51. The molecule has 7 nitrogen and oxygen atoms in total. The third kappa shape index (κ3) is 3.60. The standard InChI is InChI=1S/C20H16F4N4O3/c21-16(18(23)24)8-5-12(26-14(25)6-8)10-2-1-9-11(17(10)22)7-28(20(9)31)13-3-4-15(29)27-19(13)30/h1-2,5-6,13,16,18H,3-4,7H2,(H2,25,26)(H,27,29,30). The van der Waals surface area contributed by atoms with Gasteiger partial charge in [0.25, 0.3) is 12.3 Å². The van der Waals surface area contributed by atoms with E-state index in [4.69, 9.17) is 5.73 Å². The number of piperidine rings is 1. The Balaban J connectivity index is 1.70. The lowest BCUT2D eigenvalue weighted by Crippen LogP contribution is -2.52. The minimum Gasteiger partial charge on any atom is -0.384 e. The van der Waals surface area contributed by atoms with E-state index >= 15 is 4.39 Å². The number of amides is 3. The van der Waals surface area contributed by atoms with Gasteiger partial charge in [-0.05, 0) is 36.2 Å². The van der Waals surface area contributed by atoms with Gasteiger partial charge in [0, 0.05) is 23.1 Å². The number of halogens is 4. The molecular weight excluding hydrogens is 420 g/mol. The molecule has 2 aliphatic heterocycles. The number of anilines is 1. The first-order chi connectivity index (χ1) is 14.7. The number of carbonyl (C=O) groups is 3. The van der Waals surface area contributed by atoms with Crippen LogP contribution in [0.15, 0.2) is 24.3 Å². The molecule has 1 saturated heterocycles. The second-order valence-electron chi connectivity index (χ2n) is 7.30. The third-order valence-corrected chi connectivity index (χ3v) is 5.33. The summed E-state index contributed by atoms with van der Waals surface area (Å²) >= 11 is 0. The SMILES string of the molecule is Nc1cc(C(F)C(F)F)cc(-c2ccc3c(c2F)CN(C2CCC(=O)NC2=O)C3=O)n1. The van der Waals surface area contributed by atoms with Gasteiger partial charge >= 0.3 is 0 Å². The van der Waals surface area contributed by atoms with E-state index < -0.39 is 47.7 Å². The Hall–Kier alpha value is -3.50. The van der Waals surface area contributed by atoms with Crippen LogP contribution in [0, 0.1) is 5.82 Å². The number of hydrogen-bond donors (Lipinski definition) is 2. The Bertz CT molecular complexity index is 1110. The maximum absolute atomic E-state index is 15.3. The fourth-order valence-corrected chi connectivity index (χ4v) is 3.82. The number of alkyl halides is 3. The summed E-state index contributed by atoms with van der Waals surface area (Å²) in [5, 5.41) is 2.15. The highest BCUT2D eigenvalue weighted by molar-refractivity contribution is 6.05. The van der Waals surface area contributed by atoms with Crippen LogP contribution in [0.3, 0.4) is 0 Å². The van der Waals surface area contributed by atoms with E-state index in [1.165, 1.54) is 17.0 Å². The maximum atomic E-state index is 15.3. The number of benzene rings is 1. The largest absolute Gasteiger partial charge is 0.384 e. The van der Waals surface area contributed by atoms with E-state index in [1.807, 2.05) is 0 Å². The first kappa shape index (κ1) is 20.8. The molecule has 4 rings (SSSR count). The fourth-order valence-electron chi connectivity index (χ4n) is 3.82. The molecule has 0 radical (unpaired) electrons. The van der Waals surface area contributed by atoms with Crippen molar-refractivity contribution in [2.75, 3.05) is 5.73 Å². The number of nitrogen functional groups attached to an aromatic ring is 1. The molecule has 3 N–H and O–H groups in total. The van der Waals surface area contributed by atoms with Crippen molar-refractivity contribution in [3.8, 4) is 11.3 Å². The van der Waals surface area contributed by atoms with E-state index in [1.54, 1.807) is 0 Å². The van der Waals surface area contributed by atoms with Crippen LogP contribution in [-0.2, 0) is 16.1 Å². The van der Waals surface area contributed by atoms with Crippen molar-refractivity contribution in [2.24, 2.45) is 0 Å². The summed E-state index contributed by atoms with van der Waals surface area (Å²) in [6.45, 7) is -0.224. The topological polar surface area (TPSA) is 105 Å². The molecule has 0 aliphatic carbocycles. The molecule has 1 aromatic heterocycles. The zero-order valence-electron chi connectivity index (χ0n) is 15.9. The van der Waals surface area contributed by atoms with E-state index in [0.29, 0.717) is 0 Å². The average Bonchev–Trinajstić information content (AvgIpc) is 3.04. The lowest BCUT2D eigenvalue weighted by Gasteiger charge is -2.29. The first-order valence-corrected chi connectivity index (χ1v) is 9.33. The quantitative estimate of drug-likeness (QED) is 0.566. The molecule has 2 unspecified atom stereocenters. The van der Waals surface area contributed by atoms with Gasteiger partial charge in [-0.3, -0.25) is 19.7 Å². The van der Waals surface area contributed by atoms with Crippen molar-refractivity contribution >= 4 is 23.5 Å². The summed E-state index contributed by atoms with van der Waals surface area (Å²) in [5.41, 5.74) is 4.86. The maximum Gasteiger partial charge on any atom is 0.273 e. The molecule has 2 aromatic rings. The molecule has 162 valence electrons. The number of nitrogens with zero attached hydrogens (tertiary/aromatic N) is 2. The van der Waals surface area contributed by atoms with Gasteiger partial charge in [0.05, 0.1) is 12.2 Å². The number of nitrogens with one attached hydrogen (secondary N) is 1. The minimum atomic E-state index is -3.29. The van der Waals surface area contributed by atoms with Gasteiger partial charge in [-0.25, -0.2) is 22.5 Å². The van der Waals surface area contributed by atoms with Crippen LogP contribution in [0.5, 0.6) is 0 Å². The zero-order valence-corrected chi connectivity index (χ0v) is 15.9. The summed E-state index contributed by atoms with van der Waals surface area (Å²) in [5.74, 6) is -2.77. The predicted molar refractivity (Wildman–Crippen MR) is 99.9 cm³/mol. The molecule has 2 aliphatic rings. The number of fused-ring (bicyclic) bond motifs is 1. The smallest absolute Gasteiger partial charge is 0.273 e. The molecule has 3 heterocycles. The second kappa shape index (κ2) is 7.64. The average molecular weight is 436 g/mol. The highest BCUT2D eigenvalue weighted by Gasteiger charge is 2.40. The summed E-state index contributed by atoms with van der Waals surface area (Å²) in [6.07, 6.45) is -5.75. The number of carbonyl (C=O) groups excluding carboxylic acids is 3. The van der Waals surface area contributed by atoms with Crippen molar-refractivity contribution in [1.29, 1.82) is 0 Å². The van der Waals surface area contributed by atoms with Crippen LogP contribution in [-0.4, -0.2) is 40.1 Å². The number of aromatic nitrogens is 1. The van der Waals surface area contributed by atoms with Crippen molar-refractivity contribution < 1.29 is 31.9 Å². The molecule has 1 aromatic carbocycles. The summed E-state index contributed by atoms with van der Waals surface area (Å²) in [7, 11) is 0. The van der Waals surface area contributed by atoms with Crippen molar-refractivity contribution in [3.05, 3.63) is 46.8 Å². The number of imide groups is 1. The molecule has 0 saturated carbocycles. The van der Waals surface area contributed by atoms with Crippen LogP contribution >= 0.6 is 0 Å². The number of nitrogens with two attached hydrogens (primary N) is 1. The molecule has 2 atom stereocenters. The van der Waals surface area contributed by atoms with Crippen LogP contribution in [0.2, 0.25) is 0 Å². The van der Waals surface area contributed by atoms with E-state index in [9.17, 15) is 27.6 Å². The van der Waals surface area contributed by atoms with Crippen molar-refractivity contribution in [1.82, 2.24) is 15.2 Å². The van der Waals surface area contributed by atoms with Gasteiger partial charge in [0.15, 0.2) is 6.17 Å². The molecule has 0 spiro atoms. The van der Waals surface area contributed by atoms with Gasteiger partial charge in [-0.2, -0.15) is 0 Å². The van der Waals surface area contributed by atoms with Crippen LogP contribution < -0.4 is 11.1 Å². The van der Waals surface area contributed by atoms with Crippen LogP contribution in [0.25, 0.3) is 11.3 Å². The van der Waals surface area contributed by atoms with E-state index in [2.05, 4.69) is 10.3 Å². The summed E-state index contributed by atoms with van der Waals surface area (Å²) in [4.78, 5) is 41.3. The number of hydrogen-bond acceptors (Lipinski definition) is 5. The first-order valence-electron chi connectivity index (χ1n) is 9.33. The van der Waals surface area contributed by atoms with Gasteiger partial charge in [0.1, 0.15) is 17.7 Å². The molecule has 11 heteroatoms. The van der Waals surface area contributed by atoms with E-state index in [-0.39, 0.29) is 47.6 Å². The Morgan fingerprint density at radius 2 is 1.84 bits per heavy atom. The molecule has 0 bridgehead atoms. The highest BCUT2D eigenvalue weighted by Crippen LogP contribution is 2.35. The van der Waals surface area contributed by atoms with Crippen LogP contribution in [0.1, 0.15) is 40.5 Å². The van der Waals surface area contributed by atoms with Crippen LogP contribution in [0.4, 0.5) is 23.4 Å². The van der Waals surface area contributed by atoms with Gasteiger partial charge in [-0.15, -0.1) is 0 Å². The Kier molecular flexibility index (Phi) is 5.11. The van der Waals surface area contributed by atoms with Crippen molar-refractivity contribution in [3.63, 3.8) is 0 Å². The van der Waals surface area contributed by atoms with Gasteiger partial charge in [-0.1, -0.05) is 0 Å². The summed E-state index contributed by atoms with van der Waals surface area (Å²) < 4.78 is 54.6. The Morgan fingerprint density at radius 3 is 2.52 bits per heavy atom. The Morgan fingerprint density at radius 1 is 1.13 bits per heavy atom. The second-order valence-corrected chi connectivity index (χ2v) is 7.30. The normalized spacial score (nSPS) is 19.6. The van der Waals surface area contributed by atoms with E-state index in [0.717, 1.165) is 12.1 Å². The third-order valence-electron chi connectivity index (χ3n) is 5.33. The Labute approximate surface area is 173 Å². The zero-order chi connectivity index (χ0) is 22.4. The molecular formula is C20H16F4N4O3. The van der Waals surface area contributed by atoms with Gasteiger partial charge < -0.3 is 10.6 Å². The van der Waals surface area contributed by atoms with Gasteiger partial charge in [0.2, 0.25) is 11.8 Å². The molecule has 31 heavy (non-hydrogen) atoms.